The SMILES string of the molecule is NC1CCC(C(=O)O)/C1=C/C(F)(F)F. The molecular weight excluding hydrogens is 199 g/mol. The minimum atomic E-state index is -4.50. The number of hydrogen-bond acceptors (Lipinski definition) is 2. The maximum Gasteiger partial charge on any atom is 0.409 e. The summed E-state index contributed by atoms with van der Waals surface area (Å²) in [4.78, 5) is 10.6. The van der Waals surface area contributed by atoms with Gasteiger partial charge in [0.25, 0.3) is 0 Å². The third-order valence-electron chi connectivity index (χ3n) is 2.23. The normalized spacial score (nSPS) is 31.0. The van der Waals surface area contributed by atoms with Gasteiger partial charge in [-0.3, -0.25) is 4.79 Å². The van der Waals surface area contributed by atoms with Crippen LogP contribution in [0, 0.1) is 5.92 Å². The zero-order chi connectivity index (χ0) is 10.9. The Morgan fingerprint density at radius 3 is 2.50 bits per heavy atom. The first kappa shape index (κ1) is 11.0. The Kier molecular flexibility index (Phi) is 2.84. The van der Waals surface area contributed by atoms with Crippen LogP contribution in [-0.4, -0.2) is 23.3 Å². The van der Waals surface area contributed by atoms with Gasteiger partial charge in [-0.25, -0.2) is 0 Å². The van der Waals surface area contributed by atoms with E-state index in [1.807, 2.05) is 0 Å². The highest BCUT2D eigenvalue weighted by molar-refractivity contribution is 5.74. The van der Waals surface area contributed by atoms with E-state index in [1.165, 1.54) is 0 Å². The highest BCUT2D eigenvalue weighted by Gasteiger charge is 2.37. The fourth-order valence-corrected chi connectivity index (χ4v) is 1.60. The number of hydrogen-bond donors (Lipinski definition) is 2. The van der Waals surface area contributed by atoms with Crippen molar-refractivity contribution in [2.45, 2.75) is 25.1 Å². The maximum atomic E-state index is 12.0. The molecule has 14 heavy (non-hydrogen) atoms. The Bertz CT molecular complexity index is 272. The minimum Gasteiger partial charge on any atom is -0.481 e. The summed E-state index contributed by atoms with van der Waals surface area (Å²) in [6.45, 7) is 0. The molecular formula is C8H10F3NO2. The molecule has 80 valence electrons. The van der Waals surface area contributed by atoms with Crippen molar-refractivity contribution in [3.05, 3.63) is 11.6 Å². The highest BCUT2D eigenvalue weighted by Crippen LogP contribution is 2.33. The largest absolute Gasteiger partial charge is 0.481 e. The van der Waals surface area contributed by atoms with Crippen LogP contribution in [0.3, 0.4) is 0 Å². The summed E-state index contributed by atoms with van der Waals surface area (Å²) in [7, 11) is 0. The molecule has 6 heteroatoms. The van der Waals surface area contributed by atoms with Crippen molar-refractivity contribution < 1.29 is 23.1 Å². The van der Waals surface area contributed by atoms with E-state index in [9.17, 15) is 18.0 Å². The summed E-state index contributed by atoms with van der Waals surface area (Å²) >= 11 is 0. The van der Waals surface area contributed by atoms with Crippen LogP contribution in [0.25, 0.3) is 0 Å². The van der Waals surface area contributed by atoms with E-state index in [4.69, 9.17) is 10.8 Å². The molecule has 0 amide bonds. The van der Waals surface area contributed by atoms with Crippen molar-refractivity contribution in [3.8, 4) is 0 Å². The number of rotatable bonds is 1. The zero-order valence-electron chi connectivity index (χ0n) is 7.21. The van der Waals surface area contributed by atoms with Crippen LogP contribution in [-0.2, 0) is 4.79 Å². The average Bonchev–Trinajstić information content (AvgIpc) is 2.29. The summed E-state index contributed by atoms with van der Waals surface area (Å²) in [5.74, 6) is -2.32. The molecule has 2 unspecified atom stereocenters. The quantitative estimate of drug-likeness (QED) is 0.640. The molecule has 3 N–H and O–H groups in total. The lowest BCUT2D eigenvalue weighted by Gasteiger charge is -2.11. The summed E-state index contributed by atoms with van der Waals surface area (Å²) in [5, 5.41) is 8.63. The summed E-state index contributed by atoms with van der Waals surface area (Å²) < 4.78 is 36.0. The van der Waals surface area contributed by atoms with Crippen molar-refractivity contribution in [1.82, 2.24) is 0 Å². The molecule has 1 aliphatic rings. The van der Waals surface area contributed by atoms with Gasteiger partial charge < -0.3 is 10.8 Å². The summed E-state index contributed by atoms with van der Waals surface area (Å²) in [6.07, 6.45) is -4.01. The second kappa shape index (κ2) is 3.61. The van der Waals surface area contributed by atoms with E-state index in [2.05, 4.69) is 0 Å². The van der Waals surface area contributed by atoms with Crippen LogP contribution in [0.4, 0.5) is 13.2 Å². The molecule has 0 heterocycles. The van der Waals surface area contributed by atoms with Gasteiger partial charge in [-0.1, -0.05) is 0 Å². The van der Waals surface area contributed by atoms with E-state index < -0.39 is 24.1 Å². The molecule has 0 aromatic carbocycles. The van der Waals surface area contributed by atoms with Gasteiger partial charge in [-0.05, 0) is 18.4 Å². The van der Waals surface area contributed by atoms with Gasteiger partial charge in [0, 0.05) is 12.1 Å². The van der Waals surface area contributed by atoms with E-state index in [0.717, 1.165) is 0 Å². The standard InChI is InChI=1S/C8H10F3NO2/c9-8(10,11)3-5-4(7(13)14)1-2-6(5)12/h3-4,6H,1-2,12H2,(H,13,14)/b5-3-. The smallest absolute Gasteiger partial charge is 0.409 e. The van der Waals surface area contributed by atoms with Crippen molar-refractivity contribution in [2.75, 3.05) is 0 Å². The number of alkyl halides is 3. The molecule has 0 aromatic rings. The van der Waals surface area contributed by atoms with Crippen LogP contribution in [0.5, 0.6) is 0 Å². The van der Waals surface area contributed by atoms with E-state index in [0.29, 0.717) is 6.42 Å². The lowest BCUT2D eigenvalue weighted by Crippen LogP contribution is -2.24. The Labute approximate surface area is 78.4 Å². The van der Waals surface area contributed by atoms with Crippen LogP contribution in [0.15, 0.2) is 11.6 Å². The molecule has 0 spiro atoms. The van der Waals surface area contributed by atoms with Gasteiger partial charge in [0.15, 0.2) is 0 Å². The number of halogens is 3. The van der Waals surface area contributed by atoms with E-state index in [1.54, 1.807) is 0 Å². The molecule has 0 aromatic heterocycles. The predicted molar refractivity (Wildman–Crippen MR) is 42.5 cm³/mol. The number of carboxylic acids is 1. The van der Waals surface area contributed by atoms with Crippen LogP contribution in [0.2, 0.25) is 0 Å². The molecule has 3 nitrogen and oxygen atoms in total. The molecule has 1 rings (SSSR count). The van der Waals surface area contributed by atoms with Gasteiger partial charge in [0.1, 0.15) is 0 Å². The third kappa shape index (κ3) is 2.47. The zero-order valence-corrected chi connectivity index (χ0v) is 7.21. The van der Waals surface area contributed by atoms with Crippen molar-refractivity contribution in [2.24, 2.45) is 11.7 Å². The number of carboxylic acid groups (broad SMARTS) is 1. The van der Waals surface area contributed by atoms with Crippen LogP contribution < -0.4 is 5.73 Å². The number of aliphatic carboxylic acids is 1. The predicted octanol–water partition coefficient (Wildman–Crippen LogP) is 1.30. The van der Waals surface area contributed by atoms with Crippen LogP contribution >= 0.6 is 0 Å². The second-order valence-corrected chi connectivity index (χ2v) is 3.26. The van der Waals surface area contributed by atoms with Crippen molar-refractivity contribution in [3.63, 3.8) is 0 Å². The Balaban J connectivity index is 2.93. The lowest BCUT2D eigenvalue weighted by molar-refractivity contribution is -0.140. The lowest BCUT2D eigenvalue weighted by atomic mass is 10.0. The van der Waals surface area contributed by atoms with Gasteiger partial charge in [-0.2, -0.15) is 13.2 Å². The fraction of sp³-hybridized carbons (Fsp3) is 0.625. The van der Waals surface area contributed by atoms with Gasteiger partial charge in [0.05, 0.1) is 5.92 Å². The highest BCUT2D eigenvalue weighted by atomic mass is 19.4. The second-order valence-electron chi connectivity index (χ2n) is 3.26. The number of carbonyl (C=O) groups is 1. The van der Waals surface area contributed by atoms with E-state index in [-0.39, 0.29) is 18.1 Å². The summed E-state index contributed by atoms with van der Waals surface area (Å²) in [6, 6.07) is -0.780. The third-order valence-corrected chi connectivity index (χ3v) is 2.23. The van der Waals surface area contributed by atoms with Gasteiger partial charge in [0.2, 0.25) is 0 Å². The molecule has 1 aliphatic carbocycles. The first-order chi connectivity index (χ1) is 6.31. The molecule has 1 saturated carbocycles. The Morgan fingerprint density at radius 1 is 1.50 bits per heavy atom. The van der Waals surface area contributed by atoms with Crippen molar-refractivity contribution in [1.29, 1.82) is 0 Å². The molecule has 0 aliphatic heterocycles. The minimum absolute atomic E-state index is 0.0173. The Hall–Kier alpha value is -1.04. The van der Waals surface area contributed by atoms with Crippen molar-refractivity contribution >= 4 is 5.97 Å². The number of allylic oxidation sites excluding steroid dienone is 1. The average molecular weight is 209 g/mol. The first-order valence-corrected chi connectivity index (χ1v) is 4.09. The molecule has 0 saturated heterocycles. The molecule has 0 radical (unpaired) electrons. The molecule has 0 bridgehead atoms. The first-order valence-electron chi connectivity index (χ1n) is 4.09. The molecule has 1 fully saturated rings. The summed E-state index contributed by atoms with van der Waals surface area (Å²) in [5.41, 5.74) is 5.17. The topological polar surface area (TPSA) is 63.3 Å². The van der Waals surface area contributed by atoms with E-state index >= 15 is 0 Å². The maximum absolute atomic E-state index is 12.0. The molecule has 2 atom stereocenters. The van der Waals surface area contributed by atoms with Gasteiger partial charge in [-0.15, -0.1) is 0 Å². The monoisotopic (exact) mass is 209 g/mol. The van der Waals surface area contributed by atoms with Crippen LogP contribution in [0.1, 0.15) is 12.8 Å². The fourth-order valence-electron chi connectivity index (χ4n) is 1.60. The van der Waals surface area contributed by atoms with Gasteiger partial charge >= 0.3 is 12.1 Å². The Morgan fingerprint density at radius 2 is 2.07 bits per heavy atom. The number of nitrogens with two attached hydrogens (primary N) is 1.